The average Bonchev–Trinajstić information content (AvgIpc) is 3.74. The van der Waals surface area contributed by atoms with E-state index in [2.05, 4.69) is 44.7 Å². The fourth-order valence-corrected chi connectivity index (χ4v) is 5.88. The van der Waals surface area contributed by atoms with Crippen LogP contribution in [0.4, 0.5) is 5.69 Å². The van der Waals surface area contributed by atoms with Crippen LogP contribution in [0.3, 0.4) is 0 Å². The van der Waals surface area contributed by atoms with E-state index in [1.165, 1.54) is 31.5 Å². The topological polar surface area (TPSA) is 93.4 Å². The van der Waals surface area contributed by atoms with Gasteiger partial charge in [0.05, 0.1) is 23.2 Å². The predicted octanol–water partition coefficient (Wildman–Crippen LogP) is 5.98. The number of carbonyl (C=O) groups excluding carboxylic acids is 1. The summed E-state index contributed by atoms with van der Waals surface area (Å²) >= 11 is 1.61. The van der Waals surface area contributed by atoms with Crippen molar-refractivity contribution in [1.82, 2.24) is 20.1 Å². The second-order valence-corrected chi connectivity index (χ2v) is 11.0. The van der Waals surface area contributed by atoms with Gasteiger partial charge in [0.1, 0.15) is 17.2 Å². The third-order valence-electron chi connectivity index (χ3n) is 6.89. The molecule has 0 unspecified atom stereocenters. The summed E-state index contributed by atoms with van der Waals surface area (Å²) in [4.78, 5) is 19.8. The Morgan fingerprint density at radius 3 is 2.58 bits per heavy atom. The van der Waals surface area contributed by atoms with Gasteiger partial charge in [0.15, 0.2) is 0 Å². The van der Waals surface area contributed by atoms with Gasteiger partial charge in [-0.15, -0.1) is 21.5 Å². The van der Waals surface area contributed by atoms with Crippen LogP contribution < -0.4 is 10.1 Å². The Kier molecular flexibility index (Phi) is 8.11. The van der Waals surface area contributed by atoms with E-state index in [0.717, 1.165) is 39.5 Å². The van der Waals surface area contributed by atoms with E-state index in [1.54, 1.807) is 11.3 Å². The molecular formula is C31H31N5O3S. The van der Waals surface area contributed by atoms with Crippen molar-refractivity contribution in [3.05, 3.63) is 89.6 Å². The van der Waals surface area contributed by atoms with Gasteiger partial charge in [-0.25, -0.2) is 4.98 Å². The first-order valence-electron chi connectivity index (χ1n) is 13.7. The van der Waals surface area contributed by atoms with Gasteiger partial charge < -0.3 is 19.4 Å². The zero-order chi connectivity index (χ0) is 27.1. The Balaban J connectivity index is 0.983. The molecule has 0 aliphatic carbocycles. The Bertz CT molecular complexity index is 1560. The number of ether oxygens (including phenoxy) is 1. The minimum atomic E-state index is -0.220. The Labute approximate surface area is 237 Å². The molecule has 3 heterocycles. The number of thiazole rings is 1. The maximum absolute atomic E-state index is 12.6. The zero-order valence-corrected chi connectivity index (χ0v) is 23.0. The highest BCUT2D eigenvalue weighted by Crippen LogP contribution is 2.29. The van der Waals surface area contributed by atoms with Crippen LogP contribution in [0.1, 0.15) is 36.1 Å². The SMILES string of the molecule is O=C(Cc1nnc(Cc2nc3ccc(-c4ccccc4)cc3s2)o1)Nc1ccc(OCCCN2CCCC2)cc1. The van der Waals surface area contributed by atoms with E-state index in [0.29, 0.717) is 24.6 Å². The van der Waals surface area contributed by atoms with Crippen molar-refractivity contribution in [3.8, 4) is 16.9 Å². The molecule has 3 aromatic carbocycles. The number of anilines is 1. The Hall–Kier alpha value is -4.08. The summed E-state index contributed by atoms with van der Waals surface area (Å²) in [6.07, 6.45) is 4.06. The Morgan fingerprint density at radius 1 is 0.950 bits per heavy atom. The van der Waals surface area contributed by atoms with E-state index in [9.17, 15) is 4.79 Å². The van der Waals surface area contributed by atoms with Gasteiger partial charge in [0.25, 0.3) is 0 Å². The second kappa shape index (κ2) is 12.4. The van der Waals surface area contributed by atoms with Crippen molar-refractivity contribution >= 4 is 33.1 Å². The van der Waals surface area contributed by atoms with Crippen molar-refractivity contribution in [1.29, 1.82) is 0 Å². The zero-order valence-electron chi connectivity index (χ0n) is 22.2. The molecule has 5 aromatic rings. The van der Waals surface area contributed by atoms with Crippen LogP contribution in [0.2, 0.25) is 0 Å². The number of amides is 1. The first kappa shape index (κ1) is 26.2. The predicted molar refractivity (Wildman–Crippen MR) is 157 cm³/mol. The van der Waals surface area contributed by atoms with Gasteiger partial charge in [-0.05, 0) is 79.9 Å². The van der Waals surface area contributed by atoms with E-state index >= 15 is 0 Å². The van der Waals surface area contributed by atoms with Gasteiger partial charge in [0, 0.05) is 12.2 Å². The molecule has 0 atom stereocenters. The molecule has 1 N–H and O–H groups in total. The maximum Gasteiger partial charge on any atom is 0.233 e. The van der Waals surface area contributed by atoms with Crippen LogP contribution in [0.25, 0.3) is 21.3 Å². The fraction of sp³-hybridized carbons (Fsp3) is 0.290. The highest BCUT2D eigenvalue weighted by molar-refractivity contribution is 7.18. The van der Waals surface area contributed by atoms with Crippen molar-refractivity contribution in [3.63, 3.8) is 0 Å². The van der Waals surface area contributed by atoms with Gasteiger partial charge in [-0.1, -0.05) is 36.4 Å². The maximum atomic E-state index is 12.6. The molecule has 1 aliphatic rings. The normalized spacial score (nSPS) is 13.6. The number of nitrogens with zero attached hydrogens (tertiary/aromatic N) is 4. The quantitative estimate of drug-likeness (QED) is 0.201. The molecule has 0 spiro atoms. The molecule has 1 amide bonds. The number of rotatable bonds is 11. The van der Waals surface area contributed by atoms with Crippen LogP contribution in [0, 0.1) is 0 Å². The molecule has 8 nitrogen and oxygen atoms in total. The van der Waals surface area contributed by atoms with E-state index in [-0.39, 0.29) is 18.2 Å². The molecule has 1 fully saturated rings. The first-order chi connectivity index (χ1) is 19.7. The van der Waals surface area contributed by atoms with Crippen molar-refractivity contribution in [2.24, 2.45) is 0 Å². The lowest BCUT2D eigenvalue weighted by atomic mass is 10.1. The summed E-state index contributed by atoms with van der Waals surface area (Å²) in [5.41, 5.74) is 3.96. The molecule has 0 radical (unpaired) electrons. The summed E-state index contributed by atoms with van der Waals surface area (Å²) < 4.78 is 12.7. The van der Waals surface area contributed by atoms with Crippen molar-refractivity contribution < 1.29 is 13.9 Å². The molecule has 9 heteroatoms. The Morgan fingerprint density at radius 2 is 1.75 bits per heavy atom. The van der Waals surface area contributed by atoms with Gasteiger partial charge in [-0.3, -0.25) is 4.79 Å². The number of fused-ring (bicyclic) bond motifs is 1. The largest absolute Gasteiger partial charge is 0.494 e. The number of hydrogen-bond donors (Lipinski definition) is 1. The van der Waals surface area contributed by atoms with E-state index in [1.807, 2.05) is 48.5 Å². The highest BCUT2D eigenvalue weighted by Gasteiger charge is 2.15. The van der Waals surface area contributed by atoms with E-state index in [4.69, 9.17) is 14.1 Å². The molecule has 2 aromatic heterocycles. The monoisotopic (exact) mass is 553 g/mol. The van der Waals surface area contributed by atoms with E-state index < -0.39 is 0 Å². The molecule has 204 valence electrons. The number of aromatic nitrogens is 3. The minimum Gasteiger partial charge on any atom is -0.494 e. The fourth-order valence-electron chi connectivity index (χ4n) is 4.88. The molecule has 6 rings (SSSR count). The van der Waals surface area contributed by atoms with Crippen LogP contribution in [-0.4, -0.2) is 52.2 Å². The molecule has 1 saturated heterocycles. The smallest absolute Gasteiger partial charge is 0.233 e. The number of hydrogen-bond acceptors (Lipinski definition) is 8. The molecule has 0 saturated carbocycles. The van der Waals surface area contributed by atoms with Gasteiger partial charge in [-0.2, -0.15) is 0 Å². The third-order valence-corrected chi connectivity index (χ3v) is 7.91. The molecule has 40 heavy (non-hydrogen) atoms. The lowest BCUT2D eigenvalue weighted by Gasteiger charge is -2.14. The number of carbonyl (C=O) groups is 1. The first-order valence-corrected chi connectivity index (χ1v) is 14.5. The van der Waals surface area contributed by atoms with Crippen LogP contribution in [0.15, 0.2) is 77.2 Å². The molecular weight excluding hydrogens is 522 g/mol. The number of nitrogens with one attached hydrogen (secondary N) is 1. The molecule has 1 aliphatic heterocycles. The summed E-state index contributed by atoms with van der Waals surface area (Å²) in [5, 5.41) is 12.0. The van der Waals surface area contributed by atoms with Crippen molar-refractivity contribution in [2.75, 3.05) is 31.6 Å². The number of benzene rings is 3. The van der Waals surface area contributed by atoms with Crippen molar-refractivity contribution in [2.45, 2.75) is 32.1 Å². The lowest BCUT2D eigenvalue weighted by Crippen LogP contribution is -2.21. The summed E-state index contributed by atoms with van der Waals surface area (Å²) in [7, 11) is 0. The van der Waals surface area contributed by atoms with Gasteiger partial charge >= 0.3 is 0 Å². The van der Waals surface area contributed by atoms with Crippen LogP contribution in [-0.2, 0) is 17.6 Å². The van der Waals surface area contributed by atoms with Crippen LogP contribution >= 0.6 is 11.3 Å². The lowest BCUT2D eigenvalue weighted by molar-refractivity contribution is -0.115. The number of likely N-dealkylation sites (tertiary alicyclic amines) is 1. The van der Waals surface area contributed by atoms with Crippen LogP contribution in [0.5, 0.6) is 5.75 Å². The van der Waals surface area contributed by atoms with Gasteiger partial charge in [0.2, 0.25) is 17.7 Å². The summed E-state index contributed by atoms with van der Waals surface area (Å²) in [6, 6.07) is 24.0. The molecule has 0 bridgehead atoms. The summed E-state index contributed by atoms with van der Waals surface area (Å²) in [6.45, 7) is 4.19. The minimum absolute atomic E-state index is 0.00202. The summed E-state index contributed by atoms with van der Waals surface area (Å²) in [5.74, 6) is 1.30. The second-order valence-electron chi connectivity index (χ2n) is 9.92. The third kappa shape index (κ3) is 6.73. The highest BCUT2D eigenvalue weighted by atomic mass is 32.1. The average molecular weight is 554 g/mol. The standard InChI is InChI=1S/C31H31N5O3S/c37-28(32-24-10-12-25(13-11-24)38-18-6-17-36-15-4-5-16-36)20-29-34-35-30(39-29)21-31-33-26-14-9-23(19-27(26)40-31)22-7-2-1-3-8-22/h1-3,7-14,19H,4-6,15-18,20-21H2,(H,32,37).